The molecule has 6 heteroatoms. The fourth-order valence-electron chi connectivity index (χ4n) is 3.36. The summed E-state index contributed by atoms with van der Waals surface area (Å²) in [6, 6.07) is 29.1. The predicted molar refractivity (Wildman–Crippen MR) is 109 cm³/mol. The lowest BCUT2D eigenvalue weighted by Gasteiger charge is -2.28. The number of aliphatic hydroxyl groups is 1. The molecular weight excluding hydrogens is 495 g/mol. The minimum atomic E-state index is -4.61. The SMILES string of the molecule is O[C@H](CC[P+](c1ccccc1)(c1ccccc1)c1ccccc1)C(F)(F)F.[IH2+]. The number of rotatable bonds is 6. The molecule has 0 aliphatic heterocycles. The van der Waals surface area contributed by atoms with Crippen LogP contribution in [-0.2, 0) is 0 Å². The summed E-state index contributed by atoms with van der Waals surface area (Å²) in [5.41, 5.74) is 0. The van der Waals surface area contributed by atoms with Crippen molar-refractivity contribution in [2.75, 3.05) is 6.16 Å². The maximum Gasteiger partial charge on any atom is 0.414 e. The highest BCUT2D eigenvalue weighted by Gasteiger charge is 2.48. The number of hydrogen-bond acceptors (Lipinski definition) is 1. The number of hydrogen-bond donors (Lipinski definition) is 1. The molecule has 0 heterocycles. The Labute approximate surface area is 181 Å². The van der Waals surface area contributed by atoms with Crippen molar-refractivity contribution < 1.29 is 42.3 Å². The Kier molecular flexibility index (Phi) is 8.05. The molecule has 0 saturated heterocycles. The molecule has 28 heavy (non-hydrogen) atoms. The second-order valence-electron chi connectivity index (χ2n) is 6.39. The zero-order chi connectivity index (χ0) is 19.3. The van der Waals surface area contributed by atoms with E-state index < -0.39 is 19.5 Å². The standard InChI is InChI=1S/C22H21F3OP.H2I/c23-22(24,25)21(26)16-17-27(18-10-4-1-5-11-18,19-12-6-2-7-13-19)20-14-8-3-9-15-20;/h1-15,21,26H,16-17H2;1H2/q2*+1/t21-;/m1./s1. The van der Waals surface area contributed by atoms with Crippen LogP contribution < -0.4 is 39.9 Å². The summed E-state index contributed by atoms with van der Waals surface area (Å²) in [5, 5.41) is 12.7. The average Bonchev–Trinajstić information content (AvgIpc) is 2.70. The van der Waals surface area contributed by atoms with E-state index in [9.17, 15) is 18.3 Å². The molecule has 0 amide bonds. The topological polar surface area (TPSA) is 20.2 Å². The largest absolute Gasteiger partial charge is 0.414 e. The maximum atomic E-state index is 13.0. The molecule has 0 unspecified atom stereocenters. The van der Waals surface area contributed by atoms with Crippen LogP contribution in [-0.4, -0.2) is 23.5 Å². The maximum absolute atomic E-state index is 13.0. The summed E-state index contributed by atoms with van der Waals surface area (Å²) in [6.07, 6.45) is -7.03. The van der Waals surface area contributed by atoms with Gasteiger partial charge in [0.05, 0.1) is 6.16 Å². The second-order valence-corrected chi connectivity index (χ2v) is 10.0. The van der Waals surface area contributed by atoms with Gasteiger partial charge in [0.1, 0.15) is 23.2 Å². The van der Waals surface area contributed by atoms with E-state index in [1.54, 1.807) is 0 Å². The Morgan fingerprint density at radius 1 is 0.679 bits per heavy atom. The first-order valence-corrected chi connectivity index (χ1v) is 10.7. The Hall–Kier alpha value is -1.43. The first-order valence-electron chi connectivity index (χ1n) is 8.74. The molecule has 3 aromatic rings. The van der Waals surface area contributed by atoms with Gasteiger partial charge in [-0.1, -0.05) is 54.6 Å². The van der Waals surface area contributed by atoms with E-state index in [1.165, 1.54) is 0 Å². The van der Waals surface area contributed by atoms with Crippen LogP contribution in [0.1, 0.15) is 6.42 Å². The van der Waals surface area contributed by atoms with Gasteiger partial charge in [0, 0.05) is 6.42 Å². The van der Waals surface area contributed by atoms with E-state index in [0.29, 0.717) is 0 Å². The molecular formula is C22H23F3IOP+2. The molecule has 0 aliphatic rings. The van der Waals surface area contributed by atoms with Crippen LogP contribution in [0, 0.1) is 0 Å². The second kappa shape index (κ2) is 9.86. The third-order valence-electron chi connectivity index (χ3n) is 4.71. The number of halogens is 4. The molecule has 0 aromatic heterocycles. The van der Waals surface area contributed by atoms with Gasteiger partial charge >= 0.3 is 6.18 Å². The van der Waals surface area contributed by atoms with Gasteiger partial charge in [-0.25, -0.2) is 0 Å². The average molecular weight is 518 g/mol. The summed E-state index contributed by atoms with van der Waals surface area (Å²) in [5.74, 6) is 0. The fourth-order valence-corrected chi connectivity index (χ4v) is 7.71. The summed E-state index contributed by atoms with van der Waals surface area (Å²) in [6.45, 7) is 0. The minimum absolute atomic E-state index is 0. The summed E-state index contributed by atoms with van der Waals surface area (Å²) < 4.78 is 39.0. The lowest BCUT2D eigenvalue weighted by atomic mass is 10.3. The van der Waals surface area contributed by atoms with Crippen molar-refractivity contribution in [3.05, 3.63) is 91.0 Å². The van der Waals surface area contributed by atoms with Gasteiger partial charge in [-0.2, -0.15) is 13.2 Å². The van der Waals surface area contributed by atoms with Crippen LogP contribution in [0.15, 0.2) is 91.0 Å². The van der Waals surface area contributed by atoms with Crippen molar-refractivity contribution in [2.24, 2.45) is 0 Å². The molecule has 3 rings (SSSR count). The van der Waals surface area contributed by atoms with E-state index in [4.69, 9.17) is 0 Å². The van der Waals surface area contributed by atoms with Crippen LogP contribution in [0.3, 0.4) is 0 Å². The van der Waals surface area contributed by atoms with Crippen molar-refractivity contribution in [3.63, 3.8) is 0 Å². The number of alkyl halides is 3. The van der Waals surface area contributed by atoms with Gasteiger partial charge < -0.3 is 5.11 Å². The van der Waals surface area contributed by atoms with Gasteiger partial charge in [-0.3, -0.25) is 0 Å². The number of benzene rings is 3. The molecule has 0 radical (unpaired) electrons. The first-order chi connectivity index (χ1) is 12.9. The third-order valence-corrected chi connectivity index (χ3v) is 9.17. The van der Waals surface area contributed by atoms with Crippen LogP contribution in [0.25, 0.3) is 0 Å². The quantitative estimate of drug-likeness (QED) is 0.378. The molecule has 0 spiro atoms. The van der Waals surface area contributed by atoms with Crippen LogP contribution in [0.4, 0.5) is 13.2 Å². The Balaban J connectivity index is 0.00000280. The lowest BCUT2D eigenvalue weighted by molar-refractivity contribution is -0.203. The predicted octanol–water partition coefficient (Wildman–Crippen LogP) is 0.762. The van der Waals surface area contributed by atoms with Crippen molar-refractivity contribution >= 4 is 23.2 Å². The van der Waals surface area contributed by atoms with E-state index in [2.05, 4.69) is 0 Å². The monoisotopic (exact) mass is 518 g/mol. The van der Waals surface area contributed by atoms with Crippen LogP contribution in [0.5, 0.6) is 0 Å². The highest BCUT2D eigenvalue weighted by atomic mass is 127. The highest BCUT2D eigenvalue weighted by Crippen LogP contribution is 2.56. The molecule has 148 valence electrons. The third kappa shape index (κ3) is 4.94. The molecule has 0 saturated carbocycles. The van der Waals surface area contributed by atoms with Gasteiger partial charge in [-0.15, -0.1) is 0 Å². The molecule has 1 N–H and O–H groups in total. The Bertz CT molecular complexity index is 745. The Morgan fingerprint density at radius 3 is 1.29 bits per heavy atom. The fraction of sp³-hybridized carbons (Fsp3) is 0.182. The molecule has 3 aromatic carbocycles. The first kappa shape index (κ1) is 22.9. The lowest BCUT2D eigenvalue weighted by Crippen LogP contribution is -3.00. The normalized spacial score (nSPS) is 12.9. The zero-order valence-corrected chi connectivity index (χ0v) is 18.6. The van der Waals surface area contributed by atoms with Gasteiger partial charge in [-0.05, 0) is 36.4 Å². The minimum Gasteiger partial charge on any atom is -0.384 e. The molecule has 0 bridgehead atoms. The van der Waals surface area contributed by atoms with Crippen molar-refractivity contribution in [2.45, 2.75) is 18.7 Å². The summed E-state index contributed by atoms with van der Waals surface area (Å²) >= 11 is 0. The van der Waals surface area contributed by atoms with Crippen molar-refractivity contribution in [1.82, 2.24) is 0 Å². The van der Waals surface area contributed by atoms with Crippen LogP contribution >= 0.6 is 7.26 Å². The van der Waals surface area contributed by atoms with Gasteiger partial charge in [0.15, 0.2) is 6.10 Å². The van der Waals surface area contributed by atoms with E-state index in [-0.39, 0.29) is 36.6 Å². The molecule has 1 atom stereocenters. The number of aliphatic hydroxyl groups excluding tert-OH is 1. The molecule has 0 fully saturated rings. The summed E-state index contributed by atoms with van der Waals surface area (Å²) in [4.78, 5) is 0. The van der Waals surface area contributed by atoms with Gasteiger partial charge in [0.2, 0.25) is 24.0 Å². The smallest absolute Gasteiger partial charge is 0.384 e. The van der Waals surface area contributed by atoms with E-state index in [1.807, 2.05) is 91.0 Å². The van der Waals surface area contributed by atoms with E-state index >= 15 is 0 Å². The zero-order valence-electron chi connectivity index (χ0n) is 15.1. The molecule has 0 aliphatic carbocycles. The summed E-state index contributed by atoms with van der Waals surface area (Å²) in [7, 11) is -2.34. The highest BCUT2D eigenvalue weighted by molar-refractivity contribution is 7.95. The van der Waals surface area contributed by atoms with Crippen molar-refractivity contribution in [3.8, 4) is 0 Å². The molecule has 1 nitrogen and oxygen atoms in total. The van der Waals surface area contributed by atoms with Gasteiger partial charge in [0.25, 0.3) is 0 Å². The van der Waals surface area contributed by atoms with Crippen molar-refractivity contribution in [1.29, 1.82) is 0 Å². The Morgan fingerprint density at radius 2 is 1.00 bits per heavy atom. The van der Waals surface area contributed by atoms with Crippen LogP contribution in [0.2, 0.25) is 0 Å². The van der Waals surface area contributed by atoms with E-state index in [0.717, 1.165) is 15.9 Å².